The van der Waals surface area contributed by atoms with Gasteiger partial charge in [-0.25, -0.2) is 14.5 Å². The summed E-state index contributed by atoms with van der Waals surface area (Å²) in [7, 11) is 1.65. The number of nitrogens with zero attached hydrogens (tertiary/aromatic N) is 6. The van der Waals surface area contributed by atoms with E-state index in [2.05, 4.69) is 40.9 Å². The number of aromatic amines is 1. The second-order valence-electron chi connectivity index (χ2n) is 8.26. The average molecular weight is 438 g/mol. The number of H-pyrrole nitrogens is 1. The number of hydrogen-bond acceptors (Lipinski definition) is 7. The first-order chi connectivity index (χ1) is 15.1. The molecule has 31 heavy (non-hydrogen) atoms. The van der Waals surface area contributed by atoms with E-state index in [0.717, 1.165) is 53.6 Å². The zero-order valence-corrected chi connectivity index (χ0v) is 19.2. The van der Waals surface area contributed by atoms with Gasteiger partial charge in [-0.1, -0.05) is 20.8 Å². The summed E-state index contributed by atoms with van der Waals surface area (Å²) in [6, 6.07) is 1.98. The van der Waals surface area contributed by atoms with E-state index in [4.69, 9.17) is 14.8 Å². The summed E-state index contributed by atoms with van der Waals surface area (Å²) in [6.07, 6.45) is 5.68. The summed E-state index contributed by atoms with van der Waals surface area (Å²) < 4.78 is 7.28. The fraction of sp³-hybridized carbons (Fsp3) is 0.455. The number of aromatic nitrogens is 6. The number of fused-ring (bicyclic) bond motifs is 2. The van der Waals surface area contributed by atoms with Gasteiger partial charge in [0, 0.05) is 41.7 Å². The smallest absolute Gasteiger partial charge is 0.197 e. The van der Waals surface area contributed by atoms with E-state index in [1.807, 2.05) is 12.3 Å². The lowest BCUT2D eigenvalue weighted by Gasteiger charge is -2.25. The van der Waals surface area contributed by atoms with Gasteiger partial charge in [0.1, 0.15) is 11.3 Å². The van der Waals surface area contributed by atoms with Crippen molar-refractivity contribution in [3.63, 3.8) is 0 Å². The van der Waals surface area contributed by atoms with Gasteiger partial charge in [-0.3, -0.25) is 10.00 Å². The Bertz CT molecular complexity index is 1220. The molecule has 0 saturated carbocycles. The molecular formula is C22H27N7OS. The molecule has 1 aliphatic rings. The highest BCUT2D eigenvalue weighted by Crippen LogP contribution is 2.39. The molecule has 0 aromatic carbocycles. The maximum Gasteiger partial charge on any atom is 0.197 e. The number of ether oxygens (including phenoxy) is 1. The van der Waals surface area contributed by atoms with Crippen molar-refractivity contribution >= 4 is 17.0 Å². The minimum atomic E-state index is 0.277. The number of rotatable bonds is 6. The molecule has 162 valence electrons. The summed E-state index contributed by atoms with van der Waals surface area (Å²) in [4.78, 5) is 13.2. The van der Waals surface area contributed by atoms with Gasteiger partial charge in [0.25, 0.3) is 0 Å². The molecule has 0 fully saturated rings. The van der Waals surface area contributed by atoms with Crippen LogP contribution in [0.4, 0.5) is 0 Å². The second kappa shape index (κ2) is 8.05. The standard InChI is InChI=1S/C22H27N7OS/c1-5-7-28-8-6-15-17(11-28)31-22(25-15)20-18(13(2)3)19(26-27-20)14-9-16(30-4)21-23-12-24-29(21)10-14/h9-10,12-13H,5-8,11H2,1-4H3,(H,26,27). The first-order valence-electron chi connectivity index (χ1n) is 10.8. The molecule has 1 N–H and O–H groups in total. The van der Waals surface area contributed by atoms with Crippen LogP contribution in [0, 0.1) is 0 Å². The predicted octanol–water partition coefficient (Wildman–Crippen LogP) is 4.14. The molecule has 0 saturated heterocycles. The lowest BCUT2D eigenvalue weighted by Crippen LogP contribution is -2.30. The van der Waals surface area contributed by atoms with Crippen LogP contribution in [-0.4, -0.2) is 54.9 Å². The van der Waals surface area contributed by atoms with Gasteiger partial charge in [0.05, 0.1) is 24.2 Å². The number of thiazole rings is 1. The lowest BCUT2D eigenvalue weighted by atomic mass is 9.97. The van der Waals surface area contributed by atoms with Crippen molar-refractivity contribution in [1.29, 1.82) is 0 Å². The van der Waals surface area contributed by atoms with Crippen molar-refractivity contribution in [1.82, 2.24) is 34.7 Å². The Balaban J connectivity index is 1.58. The second-order valence-corrected chi connectivity index (χ2v) is 9.34. The molecule has 1 aliphatic heterocycles. The molecular weight excluding hydrogens is 410 g/mol. The Morgan fingerprint density at radius 3 is 2.97 bits per heavy atom. The fourth-order valence-electron chi connectivity index (χ4n) is 4.33. The SMILES string of the molecule is CCCN1CCc2nc(-c3[nH]nc(-c4cc(OC)c5ncnn5c4)c3C(C)C)sc2C1. The van der Waals surface area contributed by atoms with Crippen molar-refractivity contribution in [3.05, 3.63) is 34.7 Å². The van der Waals surface area contributed by atoms with Gasteiger partial charge in [0.2, 0.25) is 0 Å². The third kappa shape index (κ3) is 3.51. The van der Waals surface area contributed by atoms with Gasteiger partial charge >= 0.3 is 0 Å². The molecule has 0 spiro atoms. The van der Waals surface area contributed by atoms with Crippen molar-refractivity contribution in [3.8, 4) is 27.7 Å². The minimum absolute atomic E-state index is 0.277. The van der Waals surface area contributed by atoms with Gasteiger partial charge < -0.3 is 4.74 Å². The van der Waals surface area contributed by atoms with Crippen LogP contribution in [0.5, 0.6) is 5.75 Å². The zero-order chi connectivity index (χ0) is 21.5. The van der Waals surface area contributed by atoms with Crippen molar-refractivity contribution in [2.24, 2.45) is 0 Å². The molecule has 4 aromatic rings. The van der Waals surface area contributed by atoms with Crippen LogP contribution in [0.25, 0.3) is 27.6 Å². The monoisotopic (exact) mass is 437 g/mol. The normalized spacial score (nSPS) is 14.5. The quantitative estimate of drug-likeness (QED) is 0.488. The van der Waals surface area contributed by atoms with Gasteiger partial charge in [-0.2, -0.15) is 10.2 Å². The van der Waals surface area contributed by atoms with Crippen LogP contribution in [0.2, 0.25) is 0 Å². The first-order valence-corrected chi connectivity index (χ1v) is 11.6. The van der Waals surface area contributed by atoms with Crippen molar-refractivity contribution in [2.45, 2.75) is 46.1 Å². The largest absolute Gasteiger partial charge is 0.493 e. The number of methoxy groups -OCH3 is 1. The Kier molecular flexibility index (Phi) is 5.23. The highest BCUT2D eigenvalue weighted by atomic mass is 32.1. The van der Waals surface area contributed by atoms with E-state index >= 15 is 0 Å². The molecule has 0 amide bonds. The van der Waals surface area contributed by atoms with E-state index < -0.39 is 0 Å². The Morgan fingerprint density at radius 1 is 1.32 bits per heavy atom. The Labute approximate surface area is 185 Å². The van der Waals surface area contributed by atoms with Crippen LogP contribution in [0.3, 0.4) is 0 Å². The van der Waals surface area contributed by atoms with E-state index in [1.54, 1.807) is 23.0 Å². The average Bonchev–Trinajstić information content (AvgIpc) is 3.49. The van der Waals surface area contributed by atoms with Crippen molar-refractivity contribution in [2.75, 3.05) is 20.2 Å². The first kappa shape index (κ1) is 20.1. The summed E-state index contributed by atoms with van der Waals surface area (Å²) in [5, 5.41) is 13.3. The predicted molar refractivity (Wildman–Crippen MR) is 122 cm³/mol. The topological polar surface area (TPSA) is 84.2 Å². The van der Waals surface area contributed by atoms with Gasteiger partial charge in [0.15, 0.2) is 11.4 Å². The molecule has 0 bridgehead atoms. The van der Waals surface area contributed by atoms with Crippen LogP contribution in [0.15, 0.2) is 18.6 Å². The third-order valence-electron chi connectivity index (χ3n) is 5.78. The highest BCUT2D eigenvalue weighted by Gasteiger charge is 2.26. The van der Waals surface area contributed by atoms with Crippen LogP contribution in [0.1, 0.15) is 49.2 Å². The Morgan fingerprint density at radius 2 is 2.19 bits per heavy atom. The molecule has 5 heterocycles. The van der Waals surface area contributed by atoms with Crippen LogP contribution >= 0.6 is 11.3 Å². The molecule has 8 nitrogen and oxygen atoms in total. The van der Waals surface area contributed by atoms with Crippen LogP contribution in [-0.2, 0) is 13.0 Å². The molecule has 5 rings (SSSR count). The number of hydrogen-bond donors (Lipinski definition) is 1. The van der Waals surface area contributed by atoms with Crippen LogP contribution < -0.4 is 4.74 Å². The summed E-state index contributed by atoms with van der Waals surface area (Å²) in [5.41, 5.74) is 5.96. The summed E-state index contributed by atoms with van der Waals surface area (Å²) in [6.45, 7) is 9.86. The molecule has 0 atom stereocenters. The minimum Gasteiger partial charge on any atom is -0.493 e. The van der Waals surface area contributed by atoms with Gasteiger partial charge in [-0.05, 0) is 24.9 Å². The molecule has 0 radical (unpaired) electrons. The zero-order valence-electron chi connectivity index (χ0n) is 18.3. The summed E-state index contributed by atoms with van der Waals surface area (Å²) >= 11 is 1.79. The number of pyridine rings is 1. The molecule has 9 heteroatoms. The Hall–Kier alpha value is -2.78. The van der Waals surface area contributed by atoms with Crippen molar-refractivity contribution < 1.29 is 4.74 Å². The molecule has 0 unspecified atom stereocenters. The number of nitrogens with one attached hydrogen (secondary N) is 1. The lowest BCUT2D eigenvalue weighted by molar-refractivity contribution is 0.256. The molecule has 4 aromatic heterocycles. The van der Waals surface area contributed by atoms with E-state index in [9.17, 15) is 0 Å². The summed E-state index contributed by atoms with van der Waals surface area (Å²) in [5.74, 6) is 0.952. The fourth-order valence-corrected chi connectivity index (χ4v) is 5.49. The highest BCUT2D eigenvalue weighted by molar-refractivity contribution is 7.15. The molecule has 0 aliphatic carbocycles. The maximum absolute atomic E-state index is 5.55. The van der Waals surface area contributed by atoms with E-state index in [1.165, 1.54) is 23.3 Å². The maximum atomic E-state index is 5.55. The van der Waals surface area contributed by atoms with Gasteiger partial charge in [-0.15, -0.1) is 11.3 Å². The van der Waals surface area contributed by atoms with E-state index in [-0.39, 0.29) is 5.92 Å². The third-order valence-corrected chi connectivity index (χ3v) is 6.88. The van der Waals surface area contributed by atoms with E-state index in [0.29, 0.717) is 11.4 Å².